The lowest BCUT2D eigenvalue weighted by molar-refractivity contribution is -0.384. The molecule has 0 saturated carbocycles. The molecule has 22 heavy (non-hydrogen) atoms. The number of nitro groups is 1. The van der Waals surface area contributed by atoms with Crippen LogP contribution in [0.2, 0.25) is 0 Å². The summed E-state index contributed by atoms with van der Waals surface area (Å²) in [7, 11) is 0. The summed E-state index contributed by atoms with van der Waals surface area (Å²) in [5.74, 6) is 1.61. The van der Waals surface area contributed by atoms with Gasteiger partial charge in [-0.3, -0.25) is 10.1 Å². The van der Waals surface area contributed by atoms with Gasteiger partial charge in [-0.1, -0.05) is 23.9 Å². The molecular weight excluding hydrogens is 306 g/mol. The fraction of sp³-hybridized carbons (Fsp3) is 0.143. The Hall–Kier alpha value is -2.61. The number of aryl methyl sites for hydroxylation is 1. The number of thioether (sulfide) groups is 1. The zero-order chi connectivity index (χ0) is 15.5. The monoisotopic (exact) mass is 317 g/mol. The quantitative estimate of drug-likeness (QED) is 0.401. The van der Waals surface area contributed by atoms with Crippen LogP contribution in [0.4, 0.5) is 5.69 Å². The molecule has 1 aromatic carbocycles. The molecule has 0 aliphatic heterocycles. The molecule has 2 aromatic heterocycles. The van der Waals surface area contributed by atoms with E-state index in [1.807, 2.05) is 13.0 Å². The van der Waals surface area contributed by atoms with Crippen LogP contribution in [0.15, 0.2) is 50.7 Å². The lowest BCUT2D eigenvalue weighted by Crippen LogP contribution is -1.89. The van der Waals surface area contributed by atoms with Gasteiger partial charge in [-0.15, -0.1) is 10.2 Å². The smallest absolute Gasteiger partial charge is 0.277 e. The number of non-ortho nitro benzene ring substituents is 1. The van der Waals surface area contributed by atoms with Crippen LogP contribution >= 0.6 is 11.8 Å². The van der Waals surface area contributed by atoms with Crippen molar-refractivity contribution < 1.29 is 13.8 Å². The van der Waals surface area contributed by atoms with Gasteiger partial charge in [0.15, 0.2) is 0 Å². The van der Waals surface area contributed by atoms with Crippen LogP contribution in [-0.2, 0) is 5.75 Å². The summed E-state index contributed by atoms with van der Waals surface area (Å²) in [6, 6.07) is 8.22. The first kappa shape index (κ1) is 14.3. The summed E-state index contributed by atoms with van der Waals surface area (Å²) >= 11 is 1.32. The molecule has 0 aliphatic carbocycles. The molecule has 0 bridgehead atoms. The SMILES string of the molecule is Cc1occc1-c1nnc(SCc2cccc([N+](=O)[O-])c2)o1. The Morgan fingerprint density at radius 3 is 2.91 bits per heavy atom. The van der Waals surface area contributed by atoms with E-state index in [9.17, 15) is 10.1 Å². The molecule has 0 aliphatic rings. The standard InChI is InChI=1S/C14H11N3O4S/c1-9-12(5-6-20-9)13-15-16-14(21-13)22-8-10-3-2-4-11(7-10)17(18)19/h2-7H,8H2,1H3. The maximum atomic E-state index is 10.7. The Kier molecular flexibility index (Phi) is 3.92. The zero-order valence-electron chi connectivity index (χ0n) is 11.6. The topological polar surface area (TPSA) is 95.2 Å². The third-order valence-electron chi connectivity index (χ3n) is 2.98. The van der Waals surface area contributed by atoms with E-state index in [4.69, 9.17) is 8.83 Å². The average Bonchev–Trinajstić information content (AvgIpc) is 3.14. The number of rotatable bonds is 5. The van der Waals surface area contributed by atoms with Gasteiger partial charge < -0.3 is 8.83 Å². The summed E-state index contributed by atoms with van der Waals surface area (Å²) < 4.78 is 10.7. The highest BCUT2D eigenvalue weighted by atomic mass is 32.2. The number of aromatic nitrogens is 2. The van der Waals surface area contributed by atoms with Crippen molar-refractivity contribution in [2.75, 3.05) is 0 Å². The molecule has 0 unspecified atom stereocenters. The molecule has 0 radical (unpaired) electrons. The van der Waals surface area contributed by atoms with Crippen molar-refractivity contribution in [3.05, 3.63) is 58.0 Å². The Morgan fingerprint density at radius 2 is 2.18 bits per heavy atom. The molecule has 2 heterocycles. The number of hydrogen-bond acceptors (Lipinski definition) is 7. The Balaban J connectivity index is 1.70. The number of benzene rings is 1. The van der Waals surface area contributed by atoms with E-state index in [1.165, 1.54) is 23.9 Å². The average molecular weight is 317 g/mol. The van der Waals surface area contributed by atoms with Gasteiger partial charge in [-0.25, -0.2) is 0 Å². The number of furan rings is 1. The van der Waals surface area contributed by atoms with Gasteiger partial charge in [0, 0.05) is 17.9 Å². The van der Waals surface area contributed by atoms with Crippen LogP contribution in [0, 0.1) is 17.0 Å². The molecule has 0 saturated heterocycles. The minimum atomic E-state index is -0.416. The highest BCUT2D eigenvalue weighted by Crippen LogP contribution is 2.28. The molecule has 7 nitrogen and oxygen atoms in total. The Morgan fingerprint density at radius 1 is 1.32 bits per heavy atom. The summed E-state index contributed by atoms with van der Waals surface area (Å²) in [6.07, 6.45) is 1.56. The van der Waals surface area contributed by atoms with Gasteiger partial charge in [0.05, 0.1) is 16.7 Å². The van der Waals surface area contributed by atoms with Crippen molar-refractivity contribution in [2.24, 2.45) is 0 Å². The molecule has 0 spiro atoms. The zero-order valence-corrected chi connectivity index (χ0v) is 12.4. The van der Waals surface area contributed by atoms with Crippen LogP contribution in [0.1, 0.15) is 11.3 Å². The minimum Gasteiger partial charge on any atom is -0.469 e. The fourth-order valence-electron chi connectivity index (χ4n) is 1.89. The minimum absolute atomic E-state index is 0.0679. The Labute approximate surface area is 129 Å². The second kappa shape index (κ2) is 6.02. The van der Waals surface area contributed by atoms with Gasteiger partial charge in [0.25, 0.3) is 16.8 Å². The lowest BCUT2D eigenvalue weighted by Gasteiger charge is -1.98. The van der Waals surface area contributed by atoms with Crippen molar-refractivity contribution in [3.8, 4) is 11.5 Å². The molecule has 0 amide bonds. The first-order chi connectivity index (χ1) is 10.6. The largest absolute Gasteiger partial charge is 0.469 e. The summed E-state index contributed by atoms with van der Waals surface area (Å²) in [5.41, 5.74) is 1.64. The van der Waals surface area contributed by atoms with E-state index in [1.54, 1.807) is 18.4 Å². The predicted molar refractivity (Wildman–Crippen MR) is 79.4 cm³/mol. The maximum absolute atomic E-state index is 10.7. The van der Waals surface area contributed by atoms with E-state index in [0.29, 0.717) is 22.6 Å². The normalized spacial score (nSPS) is 10.8. The number of nitro benzene ring substituents is 1. The van der Waals surface area contributed by atoms with Crippen molar-refractivity contribution in [1.82, 2.24) is 10.2 Å². The molecule has 3 aromatic rings. The molecule has 3 rings (SSSR count). The van der Waals surface area contributed by atoms with E-state index in [2.05, 4.69) is 10.2 Å². The lowest BCUT2D eigenvalue weighted by atomic mass is 10.2. The van der Waals surface area contributed by atoms with Gasteiger partial charge in [0.1, 0.15) is 5.76 Å². The van der Waals surface area contributed by atoms with Gasteiger partial charge in [-0.05, 0) is 18.6 Å². The number of nitrogens with zero attached hydrogens (tertiary/aromatic N) is 3. The van der Waals surface area contributed by atoms with Crippen LogP contribution in [0.25, 0.3) is 11.5 Å². The Bertz CT molecular complexity index is 812. The third-order valence-corrected chi connectivity index (χ3v) is 3.87. The second-order valence-corrected chi connectivity index (χ2v) is 5.41. The van der Waals surface area contributed by atoms with Crippen LogP contribution < -0.4 is 0 Å². The third kappa shape index (κ3) is 3.01. The van der Waals surface area contributed by atoms with Crippen molar-refractivity contribution in [3.63, 3.8) is 0 Å². The highest BCUT2D eigenvalue weighted by Gasteiger charge is 2.13. The van der Waals surface area contributed by atoms with E-state index >= 15 is 0 Å². The molecular formula is C14H11N3O4S. The highest BCUT2D eigenvalue weighted by molar-refractivity contribution is 7.98. The van der Waals surface area contributed by atoms with E-state index in [-0.39, 0.29) is 5.69 Å². The summed E-state index contributed by atoms with van der Waals surface area (Å²) in [5, 5.41) is 19.1. The maximum Gasteiger partial charge on any atom is 0.277 e. The molecule has 0 atom stereocenters. The fourth-order valence-corrected chi connectivity index (χ4v) is 2.59. The first-order valence-corrected chi connectivity index (χ1v) is 7.36. The molecule has 112 valence electrons. The number of hydrogen-bond donors (Lipinski definition) is 0. The van der Waals surface area contributed by atoms with E-state index < -0.39 is 4.92 Å². The summed E-state index contributed by atoms with van der Waals surface area (Å²) in [4.78, 5) is 10.3. The second-order valence-electron chi connectivity index (χ2n) is 4.48. The molecule has 8 heteroatoms. The van der Waals surface area contributed by atoms with Crippen molar-refractivity contribution in [1.29, 1.82) is 0 Å². The molecule has 0 fully saturated rings. The van der Waals surface area contributed by atoms with Gasteiger partial charge in [0.2, 0.25) is 0 Å². The molecule has 0 N–H and O–H groups in total. The van der Waals surface area contributed by atoms with Crippen molar-refractivity contribution in [2.45, 2.75) is 17.9 Å². The predicted octanol–water partition coefficient (Wildman–Crippen LogP) is 3.84. The van der Waals surface area contributed by atoms with Gasteiger partial charge >= 0.3 is 0 Å². The summed E-state index contributed by atoms with van der Waals surface area (Å²) in [6.45, 7) is 1.81. The van der Waals surface area contributed by atoms with Crippen LogP contribution in [0.3, 0.4) is 0 Å². The van der Waals surface area contributed by atoms with E-state index in [0.717, 1.165) is 11.1 Å². The van der Waals surface area contributed by atoms with Crippen molar-refractivity contribution >= 4 is 17.4 Å². The van der Waals surface area contributed by atoms with Gasteiger partial charge in [-0.2, -0.15) is 0 Å². The van der Waals surface area contributed by atoms with Crippen LogP contribution in [-0.4, -0.2) is 15.1 Å². The first-order valence-electron chi connectivity index (χ1n) is 6.37. The van der Waals surface area contributed by atoms with Crippen LogP contribution in [0.5, 0.6) is 0 Å².